The second-order valence-electron chi connectivity index (χ2n) is 4.15. The van der Waals surface area contributed by atoms with Crippen LogP contribution in [0.4, 0.5) is 5.82 Å². The summed E-state index contributed by atoms with van der Waals surface area (Å²) in [6.07, 6.45) is 6.18. The second-order valence-corrected chi connectivity index (χ2v) is 4.15. The molecule has 2 heterocycles. The number of anilines is 1. The van der Waals surface area contributed by atoms with Crippen molar-refractivity contribution in [3.63, 3.8) is 0 Å². The summed E-state index contributed by atoms with van der Waals surface area (Å²) in [5, 5.41) is 2.80. The molecule has 0 bridgehead atoms. The van der Waals surface area contributed by atoms with Gasteiger partial charge in [0.25, 0.3) is 5.91 Å². The zero-order valence-corrected chi connectivity index (χ0v) is 10.9. The van der Waals surface area contributed by atoms with Gasteiger partial charge in [-0.15, -0.1) is 0 Å². The molecule has 0 fully saturated rings. The fourth-order valence-corrected chi connectivity index (χ4v) is 1.65. The third-order valence-corrected chi connectivity index (χ3v) is 2.53. The van der Waals surface area contributed by atoms with Crippen molar-refractivity contribution in [2.24, 2.45) is 0 Å². The third-order valence-electron chi connectivity index (χ3n) is 2.53. The Hall–Kier alpha value is -2.50. The Balaban J connectivity index is 2.05. The highest BCUT2D eigenvalue weighted by Gasteiger charge is 2.09. The van der Waals surface area contributed by atoms with Crippen LogP contribution in [0.1, 0.15) is 16.1 Å². The lowest BCUT2D eigenvalue weighted by Gasteiger charge is -2.15. The normalized spacial score (nSPS) is 10.0. The molecule has 0 saturated carbocycles. The van der Waals surface area contributed by atoms with Crippen LogP contribution >= 0.6 is 0 Å². The highest BCUT2D eigenvalue weighted by atomic mass is 16.1. The van der Waals surface area contributed by atoms with Crippen LogP contribution in [-0.4, -0.2) is 35.0 Å². The highest BCUT2D eigenvalue weighted by molar-refractivity contribution is 5.91. The summed E-state index contributed by atoms with van der Waals surface area (Å²) in [5.74, 6) is 0.587. The Labute approximate surface area is 111 Å². The van der Waals surface area contributed by atoms with E-state index >= 15 is 0 Å². The maximum Gasteiger partial charge on any atom is 0.271 e. The Bertz CT molecular complexity index is 556. The molecule has 6 nitrogen and oxygen atoms in total. The minimum absolute atomic E-state index is 0.248. The summed E-state index contributed by atoms with van der Waals surface area (Å²) in [6, 6.07) is 3.77. The van der Waals surface area contributed by atoms with E-state index in [0.29, 0.717) is 12.2 Å². The number of amides is 1. The van der Waals surface area contributed by atoms with Crippen LogP contribution in [0.5, 0.6) is 0 Å². The Kier molecular flexibility index (Phi) is 4.02. The van der Waals surface area contributed by atoms with Crippen molar-refractivity contribution in [1.29, 1.82) is 0 Å². The molecule has 2 aromatic rings. The second kappa shape index (κ2) is 5.90. The molecule has 2 aromatic heterocycles. The number of hydrogen-bond donors (Lipinski definition) is 1. The van der Waals surface area contributed by atoms with Crippen LogP contribution in [0.15, 0.2) is 36.9 Å². The van der Waals surface area contributed by atoms with Gasteiger partial charge in [0.15, 0.2) is 0 Å². The van der Waals surface area contributed by atoms with Crippen LogP contribution in [0.3, 0.4) is 0 Å². The van der Waals surface area contributed by atoms with Gasteiger partial charge in [0.2, 0.25) is 0 Å². The average Bonchev–Trinajstić information content (AvgIpc) is 2.46. The van der Waals surface area contributed by atoms with Crippen LogP contribution in [-0.2, 0) is 6.54 Å². The predicted octanol–water partition coefficient (Wildman–Crippen LogP) is 0.868. The van der Waals surface area contributed by atoms with E-state index in [2.05, 4.69) is 20.3 Å². The Morgan fingerprint density at radius 3 is 2.79 bits per heavy atom. The molecule has 1 N–H and O–H groups in total. The third kappa shape index (κ3) is 3.25. The molecule has 0 unspecified atom stereocenters. The summed E-state index contributed by atoms with van der Waals surface area (Å²) in [4.78, 5) is 25.8. The van der Waals surface area contributed by atoms with E-state index in [0.717, 1.165) is 11.4 Å². The van der Waals surface area contributed by atoms with E-state index in [1.54, 1.807) is 6.20 Å². The lowest BCUT2D eigenvalue weighted by molar-refractivity contribution is 0.0945. The monoisotopic (exact) mass is 257 g/mol. The van der Waals surface area contributed by atoms with Gasteiger partial charge >= 0.3 is 0 Å². The Morgan fingerprint density at radius 2 is 2.11 bits per heavy atom. The number of pyridine rings is 1. The fourth-order valence-electron chi connectivity index (χ4n) is 1.65. The lowest BCUT2D eigenvalue weighted by atomic mass is 10.2. The molecule has 0 aliphatic rings. The number of hydrogen-bond acceptors (Lipinski definition) is 5. The van der Waals surface area contributed by atoms with Gasteiger partial charge in [-0.05, 0) is 6.07 Å². The number of rotatable bonds is 4. The molecule has 1 amide bonds. The van der Waals surface area contributed by atoms with Gasteiger partial charge in [-0.25, -0.2) is 9.97 Å². The molecule has 98 valence electrons. The van der Waals surface area contributed by atoms with Crippen molar-refractivity contribution < 1.29 is 4.79 Å². The number of carbonyl (C=O) groups is 1. The van der Waals surface area contributed by atoms with Crippen molar-refractivity contribution >= 4 is 11.7 Å². The van der Waals surface area contributed by atoms with E-state index in [9.17, 15) is 4.79 Å². The smallest absolute Gasteiger partial charge is 0.271 e. The van der Waals surface area contributed by atoms with E-state index < -0.39 is 0 Å². The van der Waals surface area contributed by atoms with Gasteiger partial charge in [0.05, 0.1) is 6.20 Å². The fraction of sp³-hybridized carbons (Fsp3) is 0.231. The summed E-state index contributed by atoms with van der Waals surface area (Å²) in [6.45, 7) is 0.400. The molecule has 0 spiro atoms. The van der Waals surface area contributed by atoms with Crippen molar-refractivity contribution in [3.8, 4) is 0 Å². The first-order valence-electron chi connectivity index (χ1n) is 5.84. The van der Waals surface area contributed by atoms with Gasteiger partial charge in [-0.1, -0.05) is 6.07 Å². The molecule has 19 heavy (non-hydrogen) atoms. The zero-order valence-electron chi connectivity index (χ0n) is 10.9. The first-order chi connectivity index (χ1) is 9.18. The van der Waals surface area contributed by atoms with E-state index in [1.165, 1.54) is 18.6 Å². The van der Waals surface area contributed by atoms with E-state index in [-0.39, 0.29) is 5.91 Å². The molecule has 0 aromatic carbocycles. The molecule has 0 saturated heterocycles. The van der Waals surface area contributed by atoms with Crippen LogP contribution < -0.4 is 10.2 Å². The predicted molar refractivity (Wildman–Crippen MR) is 71.8 cm³/mol. The van der Waals surface area contributed by atoms with Gasteiger partial charge < -0.3 is 10.2 Å². The molecule has 0 atom stereocenters. The summed E-state index contributed by atoms with van der Waals surface area (Å²) in [7, 11) is 3.83. The minimum atomic E-state index is -0.248. The molecule has 0 aliphatic heterocycles. The maximum absolute atomic E-state index is 11.9. The van der Waals surface area contributed by atoms with Crippen molar-refractivity contribution in [2.45, 2.75) is 6.54 Å². The maximum atomic E-state index is 11.9. The molecule has 6 heteroatoms. The lowest BCUT2D eigenvalue weighted by Crippen LogP contribution is -2.25. The van der Waals surface area contributed by atoms with Crippen molar-refractivity contribution in [2.75, 3.05) is 19.0 Å². The SMILES string of the molecule is CN(C)c1ncccc1CNC(=O)c1cnccn1. The van der Waals surface area contributed by atoms with Crippen LogP contribution in [0.25, 0.3) is 0 Å². The summed E-state index contributed by atoms with van der Waals surface area (Å²) >= 11 is 0. The minimum Gasteiger partial charge on any atom is -0.362 e. The summed E-state index contributed by atoms with van der Waals surface area (Å²) < 4.78 is 0. The highest BCUT2D eigenvalue weighted by Crippen LogP contribution is 2.13. The number of aromatic nitrogens is 3. The van der Waals surface area contributed by atoms with Gasteiger partial charge in [0.1, 0.15) is 11.5 Å². The number of nitrogens with one attached hydrogen (secondary N) is 1. The quantitative estimate of drug-likeness (QED) is 0.880. The van der Waals surface area contributed by atoms with Gasteiger partial charge in [-0.3, -0.25) is 9.78 Å². The number of nitrogens with zero attached hydrogens (tertiary/aromatic N) is 4. The van der Waals surface area contributed by atoms with Gasteiger partial charge in [-0.2, -0.15) is 0 Å². The number of carbonyl (C=O) groups excluding carboxylic acids is 1. The van der Waals surface area contributed by atoms with Crippen molar-refractivity contribution in [1.82, 2.24) is 20.3 Å². The van der Waals surface area contributed by atoms with E-state index in [4.69, 9.17) is 0 Å². The standard InChI is InChI=1S/C13H15N5O/c1-18(2)12-10(4-3-5-16-12)8-17-13(19)11-9-14-6-7-15-11/h3-7,9H,8H2,1-2H3,(H,17,19). The molecule has 0 radical (unpaired) electrons. The molecule has 0 aliphatic carbocycles. The van der Waals surface area contributed by atoms with Crippen molar-refractivity contribution in [3.05, 3.63) is 48.2 Å². The van der Waals surface area contributed by atoms with Crippen LogP contribution in [0.2, 0.25) is 0 Å². The molecular weight excluding hydrogens is 242 g/mol. The first-order valence-corrected chi connectivity index (χ1v) is 5.84. The van der Waals surface area contributed by atoms with Gasteiger partial charge in [0, 0.05) is 44.8 Å². The largest absolute Gasteiger partial charge is 0.362 e. The topological polar surface area (TPSA) is 71.0 Å². The zero-order chi connectivity index (χ0) is 13.7. The Morgan fingerprint density at radius 1 is 1.26 bits per heavy atom. The first kappa shape index (κ1) is 12.9. The van der Waals surface area contributed by atoms with Crippen LogP contribution in [0, 0.1) is 0 Å². The summed E-state index contributed by atoms with van der Waals surface area (Å²) in [5.41, 5.74) is 1.25. The molecular formula is C13H15N5O. The average molecular weight is 257 g/mol. The van der Waals surface area contributed by atoms with E-state index in [1.807, 2.05) is 31.1 Å². The molecule has 2 rings (SSSR count).